The van der Waals surface area contributed by atoms with Gasteiger partial charge in [-0.15, -0.1) is 0 Å². The fourth-order valence-electron chi connectivity index (χ4n) is 2.81. The van der Waals surface area contributed by atoms with E-state index in [1.165, 1.54) is 21.6 Å². The van der Waals surface area contributed by atoms with E-state index >= 15 is 0 Å². The number of alkyl halides is 2. The fraction of sp³-hybridized carbons (Fsp3) is 0.556. The number of carbonyl (C=O) groups excluding carboxylic acids is 2. The number of halogens is 2. The van der Waals surface area contributed by atoms with Crippen molar-refractivity contribution in [3.63, 3.8) is 0 Å². The third-order valence-electron chi connectivity index (χ3n) is 4.24. The van der Waals surface area contributed by atoms with Gasteiger partial charge in [-0.05, 0) is 39.7 Å². The van der Waals surface area contributed by atoms with Crippen LogP contribution in [-0.2, 0) is 22.6 Å². The van der Waals surface area contributed by atoms with E-state index in [4.69, 9.17) is 4.74 Å². The van der Waals surface area contributed by atoms with Crippen molar-refractivity contribution in [2.24, 2.45) is 0 Å². The summed E-state index contributed by atoms with van der Waals surface area (Å²) >= 11 is 0. The lowest BCUT2D eigenvalue weighted by molar-refractivity contribution is -0.117. The van der Waals surface area contributed by atoms with Crippen LogP contribution in [0.3, 0.4) is 0 Å². The van der Waals surface area contributed by atoms with Crippen LogP contribution in [0.25, 0.3) is 0 Å². The smallest absolute Gasteiger partial charge is 0.361 e. The Morgan fingerprint density at radius 2 is 2.04 bits per heavy atom. The quantitative estimate of drug-likeness (QED) is 0.694. The van der Waals surface area contributed by atoms with Crippen LogP contribution in [0.15, 0.2) is 12.3 Å². The Hall–Kier alpha value is -2.78. The first-order valence-electron chi connectivity index (χ1n) is 9.22. The molecule has 0 radical (unpaired) electrons. The minimum atomic E-state index is -2.69. The molecule has 0 unspecified atom stereocenters. The lowest BCUT2D eigenvalue weighted by Gasteiger charge is -2.09. The minimum Gasteiger partial charge on any atom is -0.458 e. The fourth-order valence-corrected chi connectivity index (χ4v) is 2.81. The highest BCUT2D eigenvalue weighted by Gasteiger charge is 2.30. The van der Waals surface area contributed by atoms with Crippen molar-refractivity contribution in [2.75, 3.05) is 5.32 Å². The topological polar surface area (TPSA) is 91.0 Å². The second-order valence-corrected chi connectivity index (χ2v) is 6.98. The molecule has 0 aromatic carbocycles. The monoisotopic (exact) mass is 395 g/mol. The van der Waals surface area contributed by atoms with Crippen molar-refractivity contribution < 1.29 is 23.1 Å². The first kappa shape index (κ1) is 20.0. The lowest BCUT2D eigenvalue weighted by atomic mass is 10.2. The van der Waals surface area contributed by atoms with E-state index in [-0.39, 0.29) is 35.6 Å². The summed E-state index contributed by atoms with van der Waals surface area (Å²) in [6, 6.07) is 1.36. The summed E-state index contributed by atoms with van der Waals surface area (Å²) in [6.45, 7) is 5.54. The van der Waals surface area contributed by atoms with Crippen LogP contribution in [0.2, 0.25) is 0 Å². The Balaban J connectivity index is 1.76. The molecule has 3 rings (SSSR count). The molecule has 2 aromatic rings. The number of hydrogen-bond acceptors (Lipinski definition) is 5. The molecule has 2 aromatic heterocycles. The molecular weight excluding hydrogens is 372 g/mol. The average molecular weight is 395 g/mol. The minimum absolute atomic E-state index is 0.0000473. The van der Waals surface area contributed by atoms with Crippen LogP contribution in [0, 0.1) is 0 Å². The van der Waals surface area contributed by atoms with Gasteiger partial charge in [-0.1, -0.05) is 0 Å². The molecule has 2 heterocycles. The summed E-state index contributed by atoms with van der Waals surface area (Å²) in [5, 5.41) is 10.6. The van der Waals surface area contributed by atoms with Gasteiger partial charge in [-0.25, -0.2) is 13.6 Å². The van der Waals surface area contributed by atoms with Crippen LogP contribution in [-0.4, -0.2) is 37.5 Å². The summed E-state index contributed by atoms with van der Waals surface area (Å²) in [4.78, 5) is 24.7. The molecule has 1 amide bonds. The number of nitrogens with zero attached hydrogens (tertiary/aromatic N) is 4. The van der Waals surface area contributed by atoms with Gasteiger partial charge in [-0.3, -0.25) is 14.2 Å². The number of carbonyl (C=O) groups is 2. The predicted octanol–water partition coefficient (Wildman–Crippen LogP) is 3.12. The Kier molecular flexibility index (Phi) is 5.76. The number of ether oxygens (including phenoxy) is 1. The van der Waals surface area contributed by atoms with E-state index in [9.17, 15) is 18.4 Å². The zero-order valence-corrected chi connectivity index (χ0v) is 16.0. The second-order valence-electron chi connectivity index (χ2n) is 6.98. The SMILES string of the molecule is CCn1cc(NC(=O)Cn2nc(C(F)F)cc2C2CC2)c(C(=O)OC(C)C)n1. The summed E-state index contributed by atoms with van der Waals surface area (Å²) in [7, 11) is 0. The molecule has 1 N–H and O–H groups in total. The van der Waals surface area contributed by atoms with Crippen molar-refractivity contribution in [1.82, 2.24) is 19.6 Å². The lowest BCUT2D eigenvalue weighted by Crippen LogP contribution is -2.22. The van der Waals surface area contributed by atoms with Gasteiger partial charge >= 0.3 is 5.97 Å². The van der Waals surface area contributed by atoms with E-state index in [0.29, 0.717) is 12.2 Å². The molecule has 152 valence electrons. The van der Waals surface area contributed by atoms with Gasteiger partial charge in [0.25, 0.3) is 6.43 Å². The maximum Gasteiger partial charge on any atom is 0.361 e. The summed E-state index contributed by atoms with van der Waals surface area (Å²) < 4.78 is 33.9. The Labute approximate surface area is 160 Å². The van der Waals surface area contributed by atoms with Gasteiger partial charge in [0.05, 0.1) is 11.8 Å². The molecule has 28 heavy (non-hydrogen) atoms. The molecule has 10 heteroatoms. The van der Waals surface area contributed by atoms with Crippen molar-refractivity contribution in [2.45, 2.75) is 65.1 Å². The number of rotatable bonds is 8. The number of nitrogens with one attached hydrogen (secondary N) is 1. The van der Waals surface area contributed by atoms with Crippen LogP contribution >= 0.6 is 0 Å². The summed E-state index contributed by atoms with van der Waals surface area (Å²) in [5.74, 6) is -0.970. The second kappa shape index (κ2) is 8.07. The highest BCUT2D eigenvalue weighted by Crippen LogP contribution is 2.41. The zero-order chi connectivity index (χ0) is 20.4. The molecule has 0 aliphatic heterocycles. The Bertz CT molecular complexity index is 871. The maximum absolute atomic E-state index is 13.0. The maximum atomic E-state index is 13.0. The highest BCUT2D eigenvalue weighted by atomic mass is 19.3. The number of aryl methyl sites for hydroxylation is 1. The van der Waals surface area contributed by atoms with Crippen molar-refractivity contribution in [3.8, 4) is 0 Å². The van der Waals surface area contributed by atoms with Crippen LogP contribution < -0.4 is 5.32 Å². The normalized spacial score (nSPS) is 14.0. The van der Waals surface area contributed by atoms with Gasteiger partial charge in [0, 0.05) is 24.4 Å². The molecule has 1 fully saturated rings. The molecule has 0 spiro atoms. The van der Waals surface area contributed by atoms with E-state index in [0.717, 1.165) is 12.8 Å². The first-order chi connectivity index (χ1) is 13.3. The molecule has 1 saturated carbocycles. The van der Waals surface area contributed by atoms with Crippen LogP contribution in [0.5, 0.6) is 0 Å². The number of aromatic nitrogens is 4. The van der Waals surface area contributed by atoms with Crippen LogP contribution in [0.1, 0.15) is 67.8 Å². The van der Waals surface area contributed by atoms with Crippen LogP contribution in [0.4, 0.5) is 14.5 Å². The summed E-state index contributed by atoms with van der Waals surface area (Å²) in [6.07, 6.45) is 0.293. The van der Waals surface area contributed by atoms with Gasteiger partial charge in [-0.2, -0.15) is 10.2 Å². The standard InChI is InChI=1S/C18H23F2N5O3/c1-4-24-8-13(16(23-24)18(27)28-10(2)3)21-15(26)9-25-14(11-5-6-11)7-12(22-25)17(19)20/h7-8,10-11,17H,4-6,9H2,1-3H3,(H,21,26). The number of esters is 1. The third kappa shape index (κ3) is 4.55. The van der Waals surface area contributed by atoms with Gasteiger partial charge in [0.15, 0.2) is 5.69 Å². The van der Waals surface area contributed by atoms with Crippen molar-refractivity contribution in [1.29, 1.82) is 0 Å². The molecule has 1 aliphatic carbocycles. The third-order valence-corrected chi connectivity index (χ3v) is 4.24. The molecular formula is C18H23F2N5O3. The molecule has 0 saturated heterocycles. The first-order valence-corrected chi connectivity index (χ1v) is 9.22. The molecule has 0 bridgehead atoms. The van der Waals surface area contributed by atoms with E-state index < -0.39 is 18.3 Å². The average Bonchev–Trinajstić information content (AvgIpc) is 3.24. The predicted molar refractivity (Wildman–Crippen MR) is 96.2 cm³/mol. The van der Waals surface area contributed by atoms with Gasteiger partial charge in [0.1, 0.15) is 12.2 Å². The Morgan fingerprint density at radius 3 is 2.61 bits per heavy atom. The zero-order valence-electron chi connectivity index (χ0n) is 16.0. The largest absolute Gasteiger partial charge is 0.458 e. The van der Waals surface area contributed by atoms with E-state index in [2.05, 4.69) is 15.5 Å². The summed E-state index contributed by atoms with van der Waals surface area (Å²) in [5.41, 5.74) is 0.510. The highest BCUT2D eigenvalue weighted by molar-refractivity contribution is 5.99. The van der Waals surface area contributed by atoms with Crippen molar-refractivity contribution in [3.05, 3.63) is 29.3 Å². The van der Waals surface area contributed by atoms with Gasteiger partial charge < -0.3 is 10.1 Å². The molecule has 8 nitrogen and oxygen atoms in total. The van der Waals surface area contributed by atoms with Gasteiger partial charge in [0.2, 0.25) is 5.91 Å². The van der Waals surface area contributed by atoms with E-state index in [1.807, 2.05) is 6.92 Å². The molecule has 1 aliphatic rings. The Morgan fingerprint density at radius 1 is 1.32 bits per heavy atom. The van der Waals surface area contributed by atoms with E-state index in [1.54, 1.807) is 13.8 Å². The number of amides is 1. The number of anilines is 1. The van der Waals surface area contributed by atoms with Crippen molar-refractivity contribution >= 4 is 17.6 Å². The number of hydrogen-bond donors (Lipinski definition) is 1. The molecule has 0 atom stereocenters.